The Morgan fingerprint density at radius 2 is 1.90 bits per heavy atom. The summed E-state index contributed by atoms with van der Waals surface area (Å²) in [5.74, 6) is -4.12. The van der Waals surface area contributed by atoms with Crippen LogP contribution in [0.3, 0.4) is 0 Å². The van der Waals surface area contributed by atoms with Crippen LogP contribution in [-0.2, 0) is 9.53 Å². The zero-order valence-corrected chi connectivity index (χ0v) is 11.7. The standard InChI is InChI=1S/C14H17F3N2O2/c1-21-14(20)13(19-5-2-3-18-4-6-19)9-7-11(16)12(17)8-10(9)15/h7-8,13,18H,2-6H2,1H3. The molecule has 2 rings (SSSR count). The second-order valence-corrected chi connectivity index (χ2v) is 4.85. The third-order valence-electron chi connectivity index (χ3n) is 3.50. The van der Waals surface area contributed by atoms with Gasteiger partial charge >= 0.3 is 5.97 Å². The van der Waals surface area contributed by atoms with E-state index in [-0.39, 0.29) is 5.56 Å². The molecule has 1 N–H and O–H groups in total. The average molecular weight is 302 g/mol. The Morgan fingerprint density at radius 1 is 1.19 bits per heavy atom. The van der Waals surface area contributed by atoms with E-state index in [0.717, 1.165) is 19.0 Å². The van der Waals surface area contributed by atoms with E-state index in [2.05, 4.69) is 5.32 Å². The second kappa shape index (κ2) is 6.91. The number of carbonyl (C=O) groups excluding carboxylic acids is 1. The van der Waals surface area contributed by atoms with Gasteiger partial charge in [-0.05, 0) is 19.0 Å². The molecule has 0 bridgehead atoms. The van der Waals surface area contributed by atoms with Crippen molar-refractivity contribution in [2.24, 2.45) is 0 Å². The second-order valence-electron chi connectivity index (χ2n) is 4.85. The van der Waals surface area contributed by atoms with Crippen LogP contribution in [0.1, 0.15) is 18.0 Å². The lowest BCUT2D eigenvalue weighted by molar-refractivity contribution is -0.147. The summed E-state index contributed by atoms with van der Waals surface area (Å²) in [6, 6.07) is 0.103. The van der Waals surface area contributed by atoms with Crippen molar-refractivity contribution in [1.29, 1.82) is 0 Å². The number of nitrogens with one attached hydrogen (secondary N) is 1. The average Bonchev–Trinajstić information content (AvgIpc) is 2.73. The Kier molecular flexibility index (Phi) is 5.19. The molecule has 116 valence electrons. The van der Waals surface area contributed by atoms with Crippen molar-refractivity contribution in [2.75, 3.05) is 33.3 Å². The number of halogens is 3. The number of esters is 1. The van der Waals surface area contributed by atoms with Gasteiger partial charge in [-0.1, -0.05) is 0 Å². The fourth-order valence-corrected chi connectivity index (χ4v) is 2.46. The van der Waals surface area contributed by atoms with E-state index in [4.69, 9.17) is 4.74 Å². The largest absolute Gasteiger partial charge is 0.468 e. The van der Waals surface area contributed by atoms with Crippen LogP contribution in [0.15, 0.2) is 12.1 Å². The zero-order valence-electron chi connectivity index (χ0n) is 11.7. The molecule has 0 amide bonds. The predicted molar refractivity (Wildman–Crippen MR) is 70.1 cm³/mol. The summed E-state index contributed by atoms with van der Waals surface area (Å²) >= 11 is 0. The lowest BCUT2D eigenvalue weighted by Gasteiger charge is -2.28. The Bertz CT molecular complexity index is 517. The molecule has 1 atom stereocenters. The number of methoxy groups -OCH3 is 1. The molecule has 1 aromatic rings. The van der Waals surface area contributed by atoms with Crippen LogP contribution in [0.2, 0.25) is 0 Å². The minimum atomic E-state index is -1.28. The van der Waals surface area contributed by atoms with Gasteiger partial charge in [-0.15, -0.1) is 0 Å². The first kappa shape index (κ1) is 15.8. The number of rotatable bonds is 3. The summed E-state index contributed by atoms with van der Waals surface area (Å²) in [6.45, 7) is 2.42. The predicted octanol–water partition coefficient (Wildman–Crippen LogP) is 1.61. The van der Waals surface area contributed by atoms with Gasteiger partial charge in [-0.3, -0.25) is 4.90 Å². The fourth-order valence-electron chi connectivity index (χ4n) is 2.46. The minimum Gasteiger partial charge on any atom is -0.468 e. The van der Waals surface area contributed by atoms with Crippen molar-refractivity contribution < 1.29 is 22.7 Å². The monoisotopic (exact) mass is 302 g/mol. The Morgan fingerprint density at radius 3 is 2.62 bits per heavy atom. The zero-order chi connectivity index (χ0) is 15.4. The molecule has 0 spiro atoms. The van der Waals surface area contributed by atoms with Gasteiger partial charge in [0.25, 0.3) is 0 Å². The maximum absolute atomic E-state index is 14.0. The molecule has 0 aromatic heterocycles. The number of hydrogen-bond donors (Lipinski definition) is 1. The van der Waals surface area contributed by atoms with E-state index in [0.29, 0.717) is 25.7 Å². The third-order valence-corrected chi connectivity index (χ3v) is 3.50. The first-order valence-electron chi connectivity index (χ1n) is 6.71. The van der Waals surface area contributed by atoms with Crippen LogP contribution in [0.4, 0.5) is 13.2 Å². The van der Waals surface area contributed by atoms with Gasteiger partial charge in [0, 0.05) is 31.3 Å². The molecule has 1 unspecified atom stereocenters. The maximum Gasteiger partial charge on any atom is 0.327 e. The van der Waals surface area contributed by atoms with E-state index in [1.807, 2.05) is 0 Å². The molecule has 1 heterocycles. The number of benzene rings is 1. The Hall–Kier alpha value is -1.60. The van der Waals surface area contributed by atoms with Gasteiger partial charge < -0.3 is 10.1 Å². The van der Waals surface area contributed by atoms with Gasteiger partial charge in [0.2, 0.25) is 0 Å². The van der Waals surface area contributed by atoms with E-state index < -0.39 is 29.5 Å². The third kappa shape index (κ3) is 3.54. The van der Waals surface area contributed by atoms with Crippen LogP contribution in [0.25, 0.3) is 0 Å². The number of ether oxygens (including phenoxy) is 1. The minimum absolute atomic E-state index is 0.206. The van der Waals surface area contributed by atoms with Crippen molar-refractivity contribution in [3.63, 3.8) is 0 Å². The smallest absolute Gasteiger partial charge is 0.327 e. The molecule has 1 fully saturated rings. The topological polar surface area (TPSA) is 41.6 Å². The van der Waals surface area contributed by atoms with E-state index >= 15 is 0 Å². The van der Waals surface area contributed by atoms with Crippen LogP contribution < -0.4 is 5.32 Å². The number of nitrogens with zero attached hydrogens (tertiary/aromatic N) is 1. The summed E-state index contributed by atoms with van der Waals surface area (Å²) in [6.07, 6.45) is 0.763. The van der Waals surface area contributed by atoms with E-state index in [1.165, 1.54) is 7.11 Å². The van der Waals surface area contributed by atoms with Crippen LogP contribution >= 0.6 is 0 Å². The molecule has 0 aliphatic carbocycles. The summed E-state index contributed by atoms with van der Waals surface area (Å²) < 4.78 is 45.1. The number of hydrogen-bond acceptors (Lipinski definition) is 4. The van der Waals surface area contributed by atoms with Crippen molar-refractivity contribution in [3.05, 3.63) is 35.1 Å². The maximum atomic E-state index is 14.0. The summed E-state index contributed by atoms with van der Waals surface area (Å²) in [5, 5.41) is 3.15. The fraction of sp³-hybridized carbons (Fsp3) is 0.500. The number of carbonyl (C=O) groups is 1. The van der Waals surface area contributed by atoms with Crippen molar-refractivity contribution in [2.45, 2.75) is 12.5 Å². The van der Waals surface area contributed by atoms with Gasteiger partial charge in [0.15, 0.2) is 11.6 Å². The van der Waals surface area contributed by atoms with Crippen molar-refractivity contribution in [1.82, 2.24) is 10.2 Å². The van der Waals surface area contributed by atoms with Gasteiger partial charge in [-0.2, -0.15) is 0 Å². The Balaban J connectivity index is 2.40. The van der Waals surface area contributed by atoms with Crippen LogP contribution in [-0.4, -0.2) is 44.2 Å². The Labute approximate surface area is 120 Å². The summed E-state index contributed by atoms with van der Waals surface area (Å²) in [5.41, 5.74) is -0.206. The molecule has 1 aliphatic rings. The first-order chi connectivity index (χ1) is 10.0. The highest BCUT2D eigenvalue weighted by Crippen LogP contribution is 2.27. The summed E-state index contributed by atoms with van der Waals surface area (Å²) in [4.78, 5) is 13.7. The molecular formula is C14H17F3N2O2. The SMILES string of the molecule is COC(=O)C(c1cc(F)c(F)cc1F)N1CCCNCC1. The quantitative estimate of drug-likeness (QED) is 0.680. The highest BCUT2D eigenvalue weighted by molar-refractivity contribution is 5.77. The molecule has 0 saturated carbocycles. The molecule has 7 heteroatoms. The molecule has 1 aliphatic heterocycles. The molecule has 1 saturated heterocycles. The van der Waals surface area contributed by atoms with Gasteiger partial charge in [-0.25, -0.2) is 18.0 Å². The lowest BCUT2D eigenvalue weighted by atomic mass is 10.0. The van der Waals surface area contributed by atoms with Crippen LogP contribution in [0, 0.1) is 17.5 Å². The molecule has 1 aromatic carbocycles. The van der Waals surface area contributed by atoms with Crippen LogP contribution in [0.5, 0.6) is 0 Å². The van der Waals surface area contributed by atoms with E-state index in [1.54, 1.807) is 4.90 Å². The molecule has 21 heavy (non-hydrogen) atoms. The molecule has 0 radical (unpaired) electrons. The first-order valence-corrected chi connectivity index (χ1v) is 6.71. The highest BCUT2D eigenvalue weighted by atomic mass is 19.2. The normalized spacial score (nSPS) is 18.1. The molecule has 4 nitrogen and oxygen atoms in total. The lowest BCUT2D eigenvalue weighted by Crippen LogP contribution is -2.38. The molecular weight excluding hydrogens is 285 g/mol. The summed E-state index contributed by atoms with van der Waals surface area (Å²) in [7, 11) is 1.18. The van der Waals surface area contributed by atoms with Gasteiger partial charge in [0.1, 0.15) is 11.9 Å². The van der Waals surface area contributed by atoms with E-state index in [9.17, 15) is 18.0 Å². The van der Waals surface area contributed by atoms with Crippen molar-refractivity contribution >= 4 is 5.97 Å². The van der Waals surface area contributed by atoms with Crippen molar-refractivity contribution in [3.8, 4) is 0 Å². The van der Waals surface area contributed by atoms with Gasteiger partial charge in [0.05, 0.1) is 7.11 Å². The highest BCUT2D eigenvalue weighted by Gasteiger charge is 2.32.